The number of fused-ring (bicyclic) bond motifs is 1. The van der Waals surface area contributed by atoms with Crippen molar-refractivity contribution in [2.24, 2.45) is 0 Å². The minimum absolute atomic E-state index is 0.170. The topological polar surface area (TPSA) is 20.3 Å². The lowest BCUT2D eigenvalue weighted by Gasteiger charge is -2.11. The van der Waals surface area contributed by atoms with E-state index in [0.29, 0.717) is 6.42 Å². The molecular weight excluding hydrogens is 210 g/mol. The van der Waals surface area contributed by atoms with E-state index in [0.717, 1.165) is 11.3 Å². The summed E-state index contributed by atoms with van der Waals surface area (Å²) in [7, 11) is 1.84. The predicted octanol–water partition coefficient (Wildman–Crippen LogP) is 2.87. The third-order valence-corrected chi connectivity index (χ3v) is 3.30. The predicted molar refractivity (Wildman–Crippen MR) is 69.0 cm³/mol. The second-order valence-corrected chi connectivity index (χ2v) is 4.30. The molecule has 0 atom stereocenters. The van der Waals surface area contributed by atoms with Gasteiger partial charge in [-0.2, -0.15) is 0 Å². The van der Waals surface area contributed by atoms with Crippen molar-refractivity contribution in [3.8, 4) is 11.1 Å². The van der Waals surface area contributed by atoms with E-state index in [1.807, 2.05) is 37.4 Å². The van der Waals surface area contributed by atoms with Crippen molar-refractivity contribution in [2.75, 3.05) is 11.9 Å². The highest BCUT2D eigenvalue weighted by atomic mass is 16.2. The van der Waals surface area contributed by atoms with Gasteiger partial charge in [0.15, 0.2) is 0 Å². The number of hydrogen-bond acceptors (Lipinski definition) is 1. The highest BCUT2D eigenvalue weighted by Crippen LogP contribution is 2.35. The molecule has 0 bridgehead atoms. The van der Waals surface area contributed by atoms with Crippen LogP contribution in [0.3, 0.4) is 0 Å². The van der Waals surface area contributed by atoms with E-state index < -0.39 is 0 Å². The summed E-state index contributed by atoms with van der Waals surface area (Å²) in [6.07, 6.45) is 0.511. The summed E-state index contributed by atoms with van der Waals surface area (Å²) in [5, 5.41) is 0. The Hall–Kier alpha value is -2.09. The Morgan fingerprint density at radius 1 is 1.00 bits per heavy atom. The first-order valence-corrected chi connectivity index (χ1v) is 5.71. The van der Waals surface area contributed by atoms with E-state index in [1.54, 1.807) is 4.90 Å². The minimum Gasteiger partial charge on any atom is -0.315 e. The molecular formula is C15H13NO. The molecule has 1 aliphatic heterocycles. The summed E-state index contributed by atoms with van der Waals surface area (Å²) in [5.74, 6) is 0.170. The molecule has 0 aliphatic carbocycles. The largest absolute Gasteiger partial charge is 0.315 e. The molecule has 1 amide bonds. The number of anilines is 1. The highest BCUT2D eigenvalue weighted by molar-refractivity contribution is 6.03. The number of likely N-dealkylation sites (N-methyl/N-ethyl adjacent to an activating group) is 1. The van der Waals surface area contributed by atoms with Gasteiger partial charge in [-0.25, -0.2) is 0 Å². The molecule has 0 fully saturated rings. The van der Waals surface area contributed by atoms with Crippen LogP contribution >= 0.6 is 0 Å². The number of nitrogens with zero attached hydrogens (tertiary/aromatic N) is 1. The van der Waals surface area contributed by atoms with Gasteiger partial charge in [-0.3, -0.25) is 4.79 Å². The van der Waals surface area contributed by atoms with Crippen LogP contribution in [0, 0.1) is 0 Å². The van der Waals surface area contributed by atoms with Gasteiger partial charge < -0.3 is 4.90 Å². The maximum absolute atomic E-state index is 11.7. The van der Waals surface area contributed by atoms with Gasteiger partial charge in [0.1, 0.15) is 0 Å². The maximum Gasteiger partial charge on any atom is 0.231 e. The molecule has 1 aliphatic rings. The van der Waals surface area contributed by atoms with Crippen LogP contribution in [0.25, 0.3) is 11.1 Å². The smallest absolute Gasteiger partial charge is 0.231 e. The van der Waals surface area contributed by atoms with E-state index in [1.165, 1.54) is 11.1 Å². The molecule has 84 valence electrons. The van der Waals surface area contributed by atoms with Crippen molar-refractivity contribution < 1.29 is 4.79 Å². The van der Waals surface area contributed by atoms with Crippen LogP contribution < -0.4 is 4.90 Å². The number of benzene rings is 2. The van der Waals surface area contributed by atoms with Crippen molar-refractivity contribution in [2.45, 2.75) is 6.42 Å². The Bertz CT molecular complexity index is 575. The van der Waals surface area contributed by atoms with Gasteiger partial charge in [-0.1, -0.05) is 42.5 Å². The molecule has 1 heterocycles. The zero-order valence-corrected chi connectivity index (χ0v) is 9.68. The van der Waals surface area contributed by atoms with Gasteiger partial charge in [0.2, 0.25) is 5.91 Å². The monoisotopic (exact) mass is 223 g/mol. The van der Waals surface area contributed by atoms with Crippen molar-refractivity contribution in [3.63, 3.8) is 0 Å². The van der Waals surface area contributed by atoms with Gasteiger partial charge in [-0.05, 0) is 22.8 Å². The van der Waals surface area contributed by atoms with Gasteiger partial charge >= 0.3 is 0 Å². The third-order valence-electron chi connectivity index (χ3n) is 3.30. The number of carbonyl (C=O) groups is 1. The third kappa shape index (κ3) is 1.53. The van der Waals surface area contributed by atoms with Crippen LogP contribution in [0.2, 0.25) is 0 Å². The van der Waals surface area contributed by atoms with Gasteiger partial charge in [0.25, 0.3) is 0 Å². The zero-order valence-electron chi connectivity index (χ0n) is 9.68. The van der Waals surface area contributed by atoms with Crippen molar-refractivity contribution in [1.82, 2.24) is 0 Å². The standard InChI is InChI=1S/C15H13NO/c1-16-14-9-5-8-12(13(14)10-15(16)17)11-6-3-2-4-7-11/h2-9H,10H2,1H3. The molecule has 0 saturated heterocycles. The van der Waals surface area contributed by atoms with Crippen LogP contribution in [0.5, 0.6) is 0 Å². The molecule has 0 unspecified atom stereocenters. The van der Waals surface area contributed by atoms with Crippen LogP contribution in [0.15, 0.2) is 48.5 Å². The fourth-order valence-electron chi connectivity index (χ4n) is 2.37. The first-order valence-electron chi connectivity index (χ1n) is 5.71. The van der Waals surface area contributed by atoms with E-state index in [-0.39, 0.29) is 5.91 Å². The Labute approximate surface area is 100 Å². The molecule has 17 heavy (non-hydrogen) atoms. The average Bonchev–Trinajstić information content (AvgIpc) is 2.67. The fourth-order valence-corrected chi connectivity index (χ4v) is 2.37. The average molecular weight is 223 g/mol. The Balaban J connectivity index is 2.19. The molecule has 0 aromatic heterocycles. The summed E-state index contributed by atoms with van der Waals surface area (Å²) in [4.78, 5) is 13.5. The van der Waals surface area contributed by atoms with Gasteiger partial charge in [0, 0.05) is 12.7 Å². The number of hydrogen-bond donors (Lipinski definition) is 0. The highest BCUT2D eigenvalue weighted by Gasteiger charge is 2.26. The second-order valence-electron chi connectivity index (χ2n) is 4.30. The first kappa shape index (κ1) is 10.1. The summed E-state index contributed by atoms with van der Waals surface area (Å²) < 4.78 is 0. The lowest BCUT2D eigenvalue weighted by Crippen LogP contribution is -2.20. The molecule has 0 radical (unpaired) electrons. The Morgan fingerprint density at radius 3 is 2.53 bits per heavy atom. The quantitative estimate of drug-likeness (QED) is 0.728. The summed E-state index contributed by atoms with van der Waals surface area (Å²) >= 11 is 0. The second kappa shape index (κ2) is 3.74. The number of rotatable bonds is 1. The van der Waals surface area contributed by atoms with Crippen LogP contribution in [0.4, 0.5) is 5.69 Å². The van der Waals surface area contributed by atoms with E-state index in [9.17, 15) is 4.79 Å². The number of amides is 1. The number of carbonyl (C=O) groups excluding carboxylic acids is 1. The molecule has 2 aromatic carbocycles. The summed E-state index contributed by atoms with van der Waals surface area (Å²) in [6, 6.07) is 16.3. The molecule has 0 saturated carbocycles. The molecule has 3 rings (SSSR count). The maximum atomic E-state index is 11.7. The first-order chi connectivity index (χ1) is 8.27. The van der Waals surface area contributed by atoms with Crippen LogP contribution in [-0.4, -0.2) is 13.0 Å². The van der Waals surface area contributed by atoms with Crippen molar-refractivity contribution in [1.29, 1.82) is 0 Å². The lowest BCUT2D eigenvalue weighted by molar-refractivity contribution is -0.117. The van der Waals surface area contributed by atoms with E-state index in [2.05, 4.69) is 18.2 Å². The Kier molecular flexibility index (Phi) is 2.22. The zero-order chi connectivity index (χ0) is 11.8. The molecule has 2 heteroatoms. The molecule has 2 nitrogen and oxygen atoms in total. The van der Waals surface area contributed by atoms with Crippen LogP contribution in [0.1, 0.15) is 5.56 Å². The fraction of sp³-hybridized carbons (Fsp3) is 0.133. The van der Waals surface area contributed by atoms with E-state index >= 15 is 0 Å². The molecule has 0 N–H and O–H groups in total. The van der Waals surface area contributed by atoms with Crippen molar-refractivity contribution in [3.05, 3.63) is 54.1 Å². The Morgan fingerprint density at radius 2 is 1.76 bits per heavy atom. The van der Waals surface area contributed by atoms with Crippen LogP contribution in [-0.2, 0) is 11.2 Å². The van der Waals surface area contributed by atoms with E-state index in [4.69, 9.17) is 0 Å². The SMILES string of the molecule is CN1C(=O)Cc2c(-c3ccccc3)cccc21. The summed E-state index contributed by atoms with van der Waals surface area (Å²) in [5.41, 5.74) is 4.52. The molecule has 2 aromatic rings. The van der Waals surface area contributed by atoms with Gasteiger partial charge in [-0.15, -0.1) is 0 Å². The molecule has 0 spiro atoms. The normalized spacial score (nSPS) is 13.9. The van der Waals surface area contributed by atoms with Crippen molar-refractivity contribution >= 4 is 11.6 Å². The lowest BCUT2D eigenvalue weighted by atomic mass is 9.98. The summed E-state index contributed by atoms with van der Waals surface area (Å²) in [6.45, 7) is 0. The van der Waals surface area contributed by atoms with Gasteiger partial charge in [0.05, 0.1) is 6.42 Å². The minimum atomic E-state index is 0.170.